The first-order valence-electron chi connectivity index (χ1n) is 6.64. The third-order valence-electron chi connectivity index (χ3n) is 3.49. The third-order valence-corrected chi connectivity index (χ3v) is 3.49. The molecule has 19 heavy (non-hydrogen) atoms. The van der Waals surface area contributed by atoms with Crippen LogP contribution in [0.25, 0.3) is 0 Å². The summed E-state index contributed by atoms with van der Waals surface area (Å²) in [4.78, 5) is 2.37. The number of phenols is 1. The van der Waals surface area contributed by atoms with E-state index in [1.54, 1.807) is 6.07 Å². The Balaban J connectivity index is 1.88. The highest BCUT2D eigenvalue weighted by Crippen LogP contribution is 2.24. The van der Waals surface area contributed by atoms with Gasteiger partial charge >= 0.3 is 0 Å². The molecule has 2 N–H and O–H groups in total. The van der Waals surface area contributed by atoms with Gasteiger partial charge in [0.1, 0.15) is 5.75 Å². The maximum atomic E-state index is 9.56. The Morgan fingerprint density at radius 3 is 2.89 bits per heavy atom. The molecule has 0 fully saturated rings. The van der Waals surface area contributed by atoms with Gasteiger partial charge in [0, 0.05) is 31.9 Å². The maximum absolute atomic E-state index is 9.56. The van der Waals surface area contributed by atoms with Crippen molar-refractivity contribution < 1.29 is 5.11 Å². The molecule has 0 aliphatic carbocycles. The minimum Gasteiger partial charge on any atom is -0.508 e. The van der Waals surface area contributed by atoms with Crippen LogP contribution in [0.2, 0.25) is 0 Å². The fourth-order valence-corrected chi connectivity index (χ4v) is 2.57. The highest BCUT2D eigenvalue weighted by molar-refractivity contribution is 5.54. The van der Waals surface area contributed by atoms with Gasteiger partial charge in [-0.05, 0) is 29.3 Å². The summed E-state index contributed by atoms with van der Waals surface area (Å²) in [6.45, 7) is 3.71. The number of nitrogens with one attached hydrogen (secondary N) is 1. The molecular formula is C16H18N2O. The van der Waals surface area contributed by atoms with Gasteiger partial charge < -0.3 is 15.3 Å². The number of fused-ring (bicyclic) bond motifs is 1. The van der Waals surface area contributed by atoms with E-state index in [1.165, 1.54) is 11.3 Å². The number of hydrogen-bond donors (Lipinski definition) is 2. The summed E-state index contributed by atoms with van der Waals surface area (Å²) < 4.78 is 0. The molecular weight excluding hydrogens is 236 g/mol. The van der Waals surface area contributed by atoms with Crippen LogP contribution in [-0.2, 0) is 13.1 Å². The Labute approximate surface area is 113 Å². The normalized spacial score (nSPS) is 14.8. The van der Waals surface area contributed by atoms with Crippen molar-refractivity contribution in [2.75, 3.05) is 18.0 Å². The molecule has 2 aromatic carbocycles. The van der Waals surface area contributed by atoms with Gasteiger partial charge in [-0.15, -0.1) is 0 Å². The van der Waals surface area contributed by atoms with Gasteiger partial charge in [0.25, 0.3) is 0 Å². The van der Waals surface area contributed by atoms with Crippen molar-refractivity contribution in [3.8, 4) is 5.75 Å². The molecule has 0 unspecified atom stereocenters. The van der Waals surface area contributed by atoms with E-state index in [0.717, 1.165) is 31.7 Å². The highest BCUT2D eigenvalue weighted by Gasteiger charge is 2.14. The predicted octanol–water partition coefficient (Wildman–Crippen LogP) is 2.50. The number of hydrogen-bond acceptors (Lipinski definition) is 3. The summed E-state index contributed by atoms with van der Waals surface area (Å²) in [6, 6.07) is 16.0. The summed E-state index contributed by atoms with van der Waals surface area (Å²) in [5.74, 6) is 0.332. The van der Waals surface area contributed by atoms with Crippen LogP contribution in [0.5, 0.6) is 5.75 Å². The predicted molar refractivity (Wildman–Crippen MR) is 77.3 cm³/mol. The number of phenolic OH excluding ortho intramolecular Hbond substituents is 1. The van der Waals surface area contributed by atoms with Gasteiger partial charge in [0.15, 0.2) is 0 Å². The standard InChI is InChI=1S/C16H18N2O/c19-15-6-3-4-13(10-15)12-18-9-8-17-11-14-5-1-2-7-16(14)18/h1-7,10,17,19H,8-9,11-12H2. The molecule has 3 rings (SSSR count). The largest absolute Gasteiger partial charge is 0.508 e. The summed E-state index contributed by atoms with van der Waals surface area (Å²) in [5, 5.41) is 13.0. The summed E-state index contributed by atoms with van der Waals surface area (Å²) in [7, 11) is 0. The van der Waals surface area contributed by atoms with Crippen LogP contribution in [0.15, 0.2) is 48.5 Å². The number of aromatic hydroxyl groups is 1. The molecule has 0 spiro atoms. The zero-order chi connectivity index (χ0) is 13.1. The molecule has 0 saturated carbocycles. The van der Waals surface area contributed by atoms with Crippen molar-refractivity contribution in [1.29, 1.82) is 0 Å². The van der Waals surface area contributed by atoms with E-state index in [0.29, 0.717) is 5.75 Å². The van der Waals surface area contributed by atoms with Crippen LogP contribution in [0.3, 0.4) is 0 Å². The van der Waals surface area contributed by atoms with Crippen molar-refractivity contribution in [2.24, 2.45) is 0 Å². The lowest BCUT2D eigenvalue weighted by atomic mass is 10.1. The van der Waals surface area contributed by atoms with Gasteiger partial charge in [-0.1, -0.05) is 30.3 Å². The maximum Gasteiger partial charge on any atom is 0.115 e. The Morgan fingerprint density at radius 2 is 2.00 bits per heavy atom. The monoisotopic (exact) mass is 254 g/mol. The number of nitrogens with zero attached hydrogens (tertiary/aromatic N) is 1. The van der Waals surface area contributed by atoms with Crippen LogP contribution < -0.4 is 10.2 Å². The Morgan fingerprint density at radius 1 is 1.11 bits per heavy atom. The molecule has 98 valence electrons. The first-order chi connectivity index (χ1) is 9.33. The number of para-hydroxylation sites is 1. The van der Waals surface area contributed by atoms with Gasteiger partial charge in [-0.2, -0.15) is 0 Å². The average Bonchev–Trinajstić information content (AvgIpc) is 2.62. The highest BCUT2D eigenvalue weighted by atomic mass is 16.3. The second-order valence-electron chi connectivity index (χ2n) is 4.90. The zero-order valence-corrected chi connectivity index (χ0v) is 10.8. The van der Waals surface area contributed by atoms with Crippen LogP contribution in [0.1, 0.15) is 11.1 Å². The van der Waals surface area contributed by atoms with Crippen LogP contribution in [0, 0.1) is 0 Å². The first-order valence-corrected chi connectivity index (χ1v) is 6.64. The average molecular weight is 254 g/mol. The lowest BCUT2D eigenvalue weighted by Gasteiger charge is -2.24. The van der Waals surface area contributed by atoms with Gasteiger partial charge in [0.2, 0.25) is 0 Å². The number of anilines is 1. The molecule has 2 aromatic rings. The summed E-state index contributed by atoms with van der Waals surface area (Å²) >= 11 is 0. The minimum atomic E-state index is 0.332. The Kier molecular flexibility index (Phi) is 3.38. The van der Waals surface area contributed by atoms with Crippen molar-refractivity contribution in [3.63, 3.8) is 0 Å². The third kappa shape index (κ3) is 2.71. The van der Waals surface area contributed by atoms with Crippen molar-refractivity contribution in [3.05, 3.63) is 59.7 Å². The second-order valence-corrected chi connectivity index (χ2v) is 4.90. The van der Waals surface area contributed by atoms with Crippen LogP contribution in [0.4, 0.5) is 5.69 Å². The fourth-order valence-electron chi connectivity index (χ4n) is 2.57. The van der Waals surface area contributed by atoms with E-state index in [4.69, 9.17) is 0 Å². The van der Waals surface area contributed by atoms with E-state index < -0.39 is 0 Å². The molecule has 0 aromatic heterocycles. The van der Waals surface area contributed by atoms with E-state index in [9.17, 15) is 5.11 Å². The van der Waals surface area contributed by atoms with E-state index in [-0.39, 0.29) is 0 Å². The molecule has 1 aliphatic heterocycles. The van der Waals surface area contributed by atoms with Gasteiger partial charge in [0.05, 0.1) is 0 Å². The number of benzene rings is 2. The topological polar surface area (TPSA) is 35.5 Å². The lowest BCUT2D eigenvalue weighted by molar-refractivity contribution is 0.474. The molecule has 0 radical (unpaired) electrons. The quantitative estimate of drug-likeness (QED) is 0.864. The van der Waals surface area contributed by atoms with Gasteiger partial charge in [-0.25, -0.2) is 0 Å². The van der Waals surface area contributed by atoms with Crippen molar-refractivity contribution in [2.45, 2.75) is 13.1 Å². The first kappa shape index (κ1) is 12.1. The van der Waals surface area contributed by atoms with E-state index >= 15 is 0 Å². The molecule has 3 nitrogen and oxygen atoms in total. The summed E-state index contributed by atoms with van der Waals surface area (Å²) in [5.41, 5.74) is 3.76. The molecule has 1 heterocycles. The van der Waals surface area contributed by atoms with Crippen LogP contribution >= 0.6 is 0 Å². The number of rotatable bonds is 2. The SMILES string of the molecule is Oc1cccc(CN2CCNCc3ccccc32)c1. The Hall–Kier alpha value is -2.00. The zero-order valence-electron chi connectivity index (χ0n) is 10.8. The molecule has 0 bridgehead atoms. The van der Waals surface area contributed by atoms with E-state index in [1.807, 2.05) is 12.1 Å². The minimum absolute atomic E-state index is 0.332. The lowest BCUT2D eigenvalue weighted by Crippen LogP contribution is -2.28. The second kappa shape index (κ2) is 5.33. The smallest absolute Gasteiger partial charge is 0.115 e. The van der Waals surface area contributed by atoms with E-state index in [2.05, 4.69) is 40.5 Å². The molecule has 0 amide bonds. The summed E-state index contributed by atoms with van der Waals surface area (Å²) in [6.07, 6.45) is 0. The molecule has 1 aliphatic rings. The van der Waals surface area contributed by atoms with Crippen molar-refractivity contribution >= 4 is 5.69 Å². The van der Waals surface area contributed by atoms with Crippen LogP contribution in [-0.4, -0.2) is 18.2 Å². The van der Waals surface area contributed by atoms with Crippen molar-refractivity contribution in [1.82, 2.24) is 5.32 Å². The molecule has 0 saturated heterocycles. The van der Waals surface area contributed by atoms with Gasteiger partial charge in [-0.3, -0.25) is 0 Å². The molecule has 3 heteroatoms. The fraction of sp³-hybridized carbons (Fsp3) is 0.250. The Bertz CT molecular complexity index is 568. The molecule has 0 atom stereocenters.